The Labute approximate surface area is 290 Å². The number of nitrogens with zero attached hydrogens (tertiary/aromatic N) is 2. The lowest BCUT2D eigenvalue weighted by Gasteiger charge is -2.27. The molecule has 0 aliphatic heterocycles. The number of hydrogen-bond donors (Lipinski definition) is 3. The highest BCUT2D eigenvalue weighted by Gasteiger charge is 2.25. The molecule has 1 aromatic heterocycles. The number of aryl methyl sites for hydroxylation is 2. The van der Waals surface area contributed by atoms with Gasteiger partial charge >= 0.3 is 12.1 Å². The van der Waals surface area contributed by atoms with Gasteiger partial charge in [0, 0.05) is 24.8 Å². The molecule has 0 unspecified atom stereocenters. The zero-order chi connectivity index (χ0) is 35.8. The summed E-state index contributed by atoms with van der Waals surface area (Å²) in [7, 11) is 0. The van der Waals surface area contributed by atoms with Crippen LogP contribution in [0.15, 0.2) is 60.8 Å². The molecule has 0 spiro atoms. The Balaban J connectivity index is 1.75. The molecule has 264 valence electrons. The van der Waals surface area contributed by atoms with Crippen LogP contribution in [-0.4, -0.2) is 72.1 Å². The molecular weight excluding hydrogens is 622 g/mol. The van der Waals surface area contributed by atoms with Crippen LogP contribution in [-0.2, 0) is 32.0 Å². The molecule has 3 N–H and O–H groups in total. The van der Waals surface area contributed by atoms with Gasteiger partial charge in [-0.1, -0.05) is 67.4 Å². The first kappa shape index (κ1) is 38.7. The van der Waals surface area contributed by atoms with Crippen molar-refractivity contribution in [3.05, 3.63) is 83.2 Å². The third-order valence-electron chi connectivity index (χ3n) is 7.38. The first-order chi connectivity index (χ1) is 23.4. The van der Waals surface area contributed by atoms with E-state index in [4.69, 9.17) is 9.47 Å². The topological polar surface area (TPSA) is 139 Å². The minimum absolute atomic E-state index is 0.0716. The zero-order valence-corrected chi connectivity index (χ0v) is 29.7. The van der Waals surface area contributed by atoms with Gasteiger partial charge in [-0.05, 0) is 83.2 Å². The summed E-state index contributed by atoms with van der Waals surface area (Å²) in [5, 5.41) is 8.82. The molecule has 49 heavy (non-hydrogen) atoms. The average molecular weight is 674 g/mol. The van der Waals surface area contributed by atoms with Crippen LogP contribution >= 0.6 is 0 Å². The lowest BCUT2D eigenvalue weighted by molar-refractivity contribution is -0.142. The number of amides is 3. The Hall–Kier alpha value is -4.77. The van der Waals surface area contributed by atoms with Crippen molar-refractivity contribution in [1.82, 2.24) is 20.5 Å². The smallest absolute Gasteiger partial charge is 0.411 e. The Morgan fingerprint density at radius 3 is 2.33 bits per heavy atom. The number of esters is 1. The number of ether oxygens (including phenoxy) is 2. The van der Waals surface area contributed by atoms with Crippen molar-refractivity contribution < 1.29 is 28.7 Å². The summed E-state index contributed by atoms with van der Waals surface area (Å²) in [5.74, 6) is -1.20. The highest BCUT2D eigenvalue weighted by Crippen LogP contribution is 2.26. The summed E-state index contributed by atoms with van der Waals surface area (Å²) in [4.78, 5) is 57.4. The molecule has 0 saturated carbocycles. The van der Waals surface area contributed by atoms with Crippen molar-refractivity contribution in [2.45, 2.75) is 79.4 Å². The number of hydrogen-bond acceptors (Lipinski definition) is 8. The minimum Gasteiger partial charge on any atom is -0.465 e. The van der Waals surface area contributed by atoms with Gasteiger partial charge in [0.25, 0.3) is 5.91 Å². The number of carbonyl (C=O) groups is 4. The third kappa shape index (κ3) is 13.7. The second-order valence-corrected chi connectivity index (χ2v) is 12.8. The summed E-state index contributed by atoms with van der Waals surface area (Å²) in [6, 6.07) is 17.5. The summed E-state index contributed by atoms with van der Waals surface area (Å²) < 4.78 is 10.5. The van der Waals surface area contributed by atoms with Gasteiger partial charge < -0.3 is 25.4 Å². The maximum atomic E-state index is 13.6. The number of unbranched alkanes of at least 4 members (excludes halogenated alkanes) is 2. The number of aromatic nitrogens is 1. The highest BCUT2D eigenvalue weighted by molar-refractivity contribution is 6.03. The van der Waals surface area contributed by atoms with Crippen molar-refractivity contribution in [2.24, 2.45) is 0 Å². The standard InChI is InChI=1S/C38H51N5O6/c1-7-28-15-13-17-30(21-28)31-22-32(35(41-23-31)36(46)40-19-11-9-10-18-39-24-34(45)48-8-2)42-33(44)26-43(37(47)49-38(4,5)6)25-29-16-12-14-27(3)20-29/h12-17,20-23,39H,7-11,18-19,24-26H2,1-6H3,(H,40,46)(H,42,44). The summed E-state index contributed by atoms with van der Waals surface area (Å²) in [6.45, 7) is 12.6. The second kappa shape index (κ2) is 19.3. The summed E-state index contributed by atoms with van der Waals surface area (Å²) in [6.07, 6.45) is 4.24. The van der Waals surface area contributed by atoms with Gasteiger partial charge in [0.2, 0.25) is 5.91 Å². The Morgan fingerprint density at radius 2 is 1.61 bits per heavy atom. The Kier molecular flexibility index (Phi) is 15.2. The molecule has 11 heteroatoms. The van der Waals surface area contributed by atoms with E-state index in [1.807, 2.05) is 49.4 Å². The van der Waals surface area contributed by atoms with Crippen molar-refractivity contribution >= 4 is 29.6 Å². The van der Waals surface area contributed by atoms with Crippen LogP contribution in [0, 0.1) is 6.92 Å². The van der Waals surface area contributed by atoms with Crippen LogP contribution in [0.4, 0.5) is 10.5 Å². The van der Waals surface area contributed by atoms with E-state index < -0.39 is 23.5 Å². The Bertz CT molecular complexity index is 1570. The van der Waals surface area contributed by atoms with E-state index in [9.17, 15) is 19.2 Å². The van der Waals surface area contributed by atoms with Gasteiger partial charge in [0.05, 0.1) is 18.8 Å². The molecule has 0 saturated heterocycles. The second-order valence-electron chi connectivity index (χ2n) is 12.8. The predicted octanol–water partition coefficient (Wildman–Crippen LogP) is 6.05. The van der Waals surface area contributed by atoms with E-state index in [2.05, 4.69) is 33.9 Å². The van der Waals surface area contributed by atoms with E-state index in [-0.39, 0.29) is 37.0 Å². The number of nitrogens with one attached hydrogen (secondary N) is 3. The van der Waals surface area contributed by atoms with Crippen molar-refractivity contribution in [1.29, 1.82) is 0 Å². The average Bonchev–Trinajstić information content (AvgIpc) is 3.05. The van der Waals surface area contributed by atoms with Crippen LogP contribution in [0.25, 0.3) is 11.1 Å². The third-order valence-corrected chi connectivity index (χ3v) is 7.38. The van der Waals surface area contributed by atoms with Crippen LogP contribution in [0.5, 0.6) is 0 Å². The van der Waals surface area contributed by atoms with Crippen LogP contribution in [0.2, 0.25) is 0 Å². The minimum atomic E-state index is -0.756. The van der Waals surface area contributed by atoms with E-state index in [1.165, 1.54) is 4.90 Å². The fourth-order valence-corrected chi connectivity index (χ4v) is 5.02. The van der Waals surface area contributed by atoms with Crippen molar-refractivity contribution in [3.8, 4) is 11.1 Å². The first-order valence-corrected chi connectivity index (χ1v) is 17.0. The normalized spacial score (nSPS) is 11.1. The van der Waals surface area contributed by atoms with Gasteiger partial charge in [-0.15, -0.1) is 0 Å². The molecular formula is C38H51N5O6. The fourth-order valence-electron chi connectivity index (χ4n) is 5.02. The Morgan fingerprint density at radius 1 is 0.878 bits per heavy atom. The molecule has 11 nitrogen and oxygen atoms in total. The molecule has 0 atom stereocenters. The van der Waals surface area contributed by atoms with E-state index in [0.717, 1.165) is 53.5 Å². The summed E-state index contributed by atoms with van der Waals surface area (Å²) >= 11 is 0. The molecule has 0 fully saturated rings. The SMILES string of the molecule is CCOC(=O)CNCCCCCNC(=O)c1ncc(-c2cccc(CC)c2)cc1NC(=O)CN(Cc1cccc(C)c1)C(=O)OC(C)(C)C. The number of benzene rings is 2. The molecule has 3 amide bonds. The molecule has 1 heterocycles. The highest BCUT2D eigenvalue weighted by atomic mass is 16.6. The molecule has 0 aliphatic carbocycles. The number of pyridine rings is 1. The van der Waals surface area contributed by atoms with Gasteiger partial charge in [-0.2, -0.15) is 0 Å². The maximum absolute atomic E-state index is 13.6. The lowest BCUT2D eigenvalue weighted by Crippen LogP contribution is -2.41. The number of anilines is 1. The first-order valence-electron chi connectivity index (χ1n) is 17.0. The summed E-state index contributed by atoms with van der Waals surface area (Å²) in [5.41, 5.74) is 4.23. The maximum Gasteiger partial charge on any atom is 0.411 e. The van der Waals surface area contributed by atoms with Crippen LogP contribution < -0.4 is 16.0 Å². The molecule has 0 bridgehead atoms. The van der Waals surface area contributed by atoms with E-state index in [1.54, 1.807) is 40.0 Å². The molecule has 2 aromatic carbocycles. The molecule has 0 radical (unpaired) electrons. The molecule has 3 rings (SSSR count). The van der Waals surface area contributed by atoms with Crippen LogP contribution in [0.3, 0.4) is 0 Å². The quantitative estimate of drug-likeness (QED) is 0.116. The zero-order valence-electron chi connectivity index (χ0n) is 29.7. The van der Waals surface area contributed by atoms with E-state index >= 15 is 0 Å². The fraction of sp³-hybridized carbons (Fsp3) is 0.447. The van der Waals surface area contributed by atoms with Gasteiger partial charge in [0.15, 0.2) is 5.69 Å². The van der Waals surface area contributed by atoms with Gasteiger partial charge in [-0.3, -0.25) is 19.3 Å². The van der Waals surface area contributed by atoms with E-state index in [0.29, 0.717) is 19.7 Å². The predicted molar refractivity (Wildman–Crippen MR) is 191 cm³/mol. The number of rotatable bonds is 17. The van der Waals surface area contributed by atoms with Crippen molar-refractivity contribution in [2.75, 3.05) is 38.1 Å². The van der Waals surface area contributed by atoms with Gasteiger partial charge in [0.1, 0.15) is 12.1 Å². The monoisotopic (exact) mass is 673 g/mol. The van der Waals surface area contributed by atoms with Crippen molar-refractivity contribution in [3.63, 3.8) is 0 Å². The van der Waals surface area contributed by atoms with Gasteiger partial charge in [-0.25, -0.2) is 9.78 Å². The lowest BCUT2D eigenvalue weighted by atomic mass is 10.0. The molecule has 3 aromatic rings. The van der Waals surface area contributed by atoms with Crippen LogP contribution in [0.1, 0.15) is 81.1 Å². The molecule has 0 aliphatic rings. The number of carbonyl (C=O) groups excluding carboxylic acids is 4. The largest absolute Gasteiger partial charge is 0.465 e.